The molecule has 3 aliphatic rings. The number of nitrogens with one attached hydrogen (secondary N) is 1. The van der Waals surface area contributed by atoms with Crippen molar-refractivity contribution in [3.8, 4) is 0 Å². The van der Waals surface area contributed by atoms with Gasteiger partial charge in [-0.1, -0.05) is 30.3 Å². The third kappa shape index (κ3) is 4.85. The number of amides is 2. The van der Waals surface area contributed by atoms with E-state index in [4.69, 9.17) is 0 Å². The summed E-state index contributed by atoms with van der Waals surface area (Å²) in [5.41, 5.74) is 0.791. The highest BCUT2D eigenvalue weighted by atomic mass is 32.2. The van der Waals surface area contributed by atoms with Crippen LogP contribution in [-0.4, -0.2) is 80.4 Å². The molecule has 2 aliphatic heterocycles. The van der Waals surface area contributed by atoms with E-state index in [0.29, 0.717) is 38.6 Å². The molecular formula is C20H30N4O3S. The second-order valence-corrected chi connectivity index (χ2v) is 10.2. The van der Waals surface area contributed by atoms with Crippen molar-refractivity contribution < 1.29 is 13.2 Å². The molecule has 2 amide bonds. The van der Waals surface area contributed by atoms with Crippen LogP contribution in [0, 0.1) is 5.92 Å². The van der Waals surface area contributed by atoms with Crippen LogP contribution in [0.15, 0.2) is 30.3 Å². The molecule has 1 aliphatic carbocycles. The molecule has 1 aromatic rings. The second kappa shape index (κ2) is 8.39. The van der Waals surface area contributed by atoms with Crippen LogP contribution in [0.3, 0.4) is 0 Å². The van der Waals surface area contributed by atoms with E-state index in [0.717, 1.165) is 31.1 Å². The number of carbonyl (C=O) groups excluding carboxylic acids is 1. The second-order valence-electron chi connectivity index (χ2n) is 8.19. The van der Waals surface area contributed by atoms with E-state index in [9.17, 15) is 13.2 Å². The lowest BCUT2D eigenvalue weighted by atomic mass is 10.1. The summed E-state index contributed by atoms with van der Waals surface area (Å²) in [4.78, 5) is 16.8. The fourth-order valence-corrected chi connectivity index (χ4v) is 5.71. The molecule has 28 heavy (non-hydrogen) atoms. The minimum Gasteiger partial charge on any atom is -0.338 e. The van der Waals surface area contributed by atoms with Crippen LogP contribution in [0.1, 0.15) is 24.8 Å². The average molecular weight is 407 g/mol. The summed E-state index contributed by atoms with van der Waals surface area (Å²) in [5.74, 6) is 0.552. The number of sulfonamides is 1. The smallest absolute Gasteiger partial charge is 0.317 e. The van der Waals surface area contributed by atoms with Crippen molar-refractivity contribution >= 4 is 16.1 Å². The van der Waals surface area contributed by atoms with E-state index in [1.807, 2.05) is 30.3 Å². The number of hydrogen-bond donors (Lipinski definition) is 1. The lowest BCUT2D eigenvalue weighted by Crippen LogP contribution is -2.53. The molecule has 1 atom stereocenters. The maximum absolute atomic E-state index is 12.6. The average Bonchev–Trinajstić information content (AvgIpc) is 3.45. The molecule has 4 rings (SSSR count). The number of carbonyl (C=O) groups is 1. The third-order valence-electron chi connectivity index (χ3n) is 6.03. The van der Waals surface area contributed by atoms with Crippen LogP contribution in [0.4, 0.5) is 4.79 Å². The van der Waals surface area contributed by atoms with Crippen molar-refractivity contribution in [2.75, 3.05) is 45.8 Å². The number of nitrogens with zero attached hydrogens (tertiary/aromatic N) is 3. The van der Waals surface area contributed by atoms with Gasteiger partial charge in [0.15, 0.2) is 0 Å². The van der Waals surface area contributed by atoms with Crippen LogP contribution in [0.2, 0.25) is 0 Å². The van der Waals surface area contributed by atoms with Crippen molar-refractivity contribution in [2.45, 2.75) is 31.1 Å². The van der Waals surface area contributed by atoms with Gasteiger partial charge < -0.3 is 15.1 Å². The number of benzene rings is 1. The highest BCUT2D eigenvalue weighted by Gasteiger charge is 2.35. The van der Waals surface area contributed by atoms with E-state index >= 15 is 0 Å². The zero-order valence-electron chi connectivity index (χ0n) is 16.3. The van der Waals surface area contributed by atoms with Gasteiger partial charge in [0.2, 0.25) is 10.0 Å². The highest BCUT2D eigenvalue weighted by Crippen LogP contribution is 2.31. The van der Waals surface area contributed by atoms with Crippen molar-refractivity contribution in [2.24, 2.45) is 5.92 Å². The summed E-state index contributed by atoms with van der Waals surface area (Å²) in [6.07, 6.45) is 3.81. The largest absolute Gasteiger partial charge is 0.338 e. The number of likely N-dealkylation sites (tertiary alicyclic amines) is 1. The van der Waals surface area contributed by atoms with Crippen LogP contribution < -0.4 is 5.32 Å². The first-order chi connectivity index (χ1) is 13.5. The third-order valence-corrected chi connectivity index (χ3v) is 7.88. The van der Waals surface area contributed by atoms with Gasteiger partial charge in [-0.3, -0.25) is 0 Å². The van der Waals surface area contributed by atoms with Crippen LogP contribution >= 0.6 is 0 Å². The predicted octanol–water partition coefficient (Wildman–Crippen LogP) is 1.33. The Morgan fingerprint density at radius 1 is 1.00 bits per heavy atom. The molecule has 0 spiro atoms. The zero-order chi connectivity index (χ0) is 19.6. The Bertz CT molecular complexity index is 774. The molecule has 8 heteroatoms. The predicted molar refractivity (Wildman–Crippen MR) is 108 cm³/mol. The van der Waals surface area contributed by atoms with Crippen LogP contribution in [-0.2, 0) is 15.8 Å². The Balaban J connectivity index is 1.20. The maximum atomic E-state index is 12.6. The molecule has 1 N–H and O–H groups in total. The molecule has 7 nitrogen and oxygen atoms in total. The Kier molecular flexibility index (Phi) is 5.89. The standard InChI is InChI=1S/C20H30N4O3S/c25-20(21-14-18-8-9-23(15-18)19-6-7-19)22-10-12-24(13-11-22)28(26,27)16-17-4-2-1-3-5-17/h1-5,18-19H,6-16H2,(H,21,25). The summed E-state index contributed by atoms with van der Waals surface area (Å²) >= 11 is 0. The van der Waals surface area contributed by atoms with Gasteiger partial charge in [-0.05, 0) is 37.3 Å². The molecule has 0 bridgehead atoms. The lowest BCUT2D eigenvalue weighted by Gasteiger charge is -2.34. The number of piperazine rings is 1. The van der Waals surface area contributed by atoms with E-state index in [1.54, 1.807) is 4.90 Å². The minimum absolute atomic E-state index is 0.0131. The Morgan fingerprint density at radius 2 is 1.71 bits per heavy atom. The van der Waals surface area contributed by atoms with E-state index in [-0.39, 0.29) is 11.8 Å². The summed E-state index contributed by atoms with van der Waals surface area (Å²) < 4.78 is 26.8. The molecule has 1 aromatic carbocycles. The first-order valence-electron chi connectivity index (χ1n) is 10.3. The molecule has 3 fully saturated rings. The highest BCUT2D eigenvalue weighted by molar-refractivity contribution is 7.88. The number of urea groups is 1. The van der Waals surface area contributed by atoms with E-state index in [2.05, 4.69) is 10.2 Å². The molecule has 1 unspecified atom stereocenters. The first kappa shape index (κ1) is 19.7. The Labute approximate surface area is 167 Å². The van der Waals surface area contributed by atoms with Gasteiger partial charge in [-0.2, -0.15) is 4.31 Å². The molecule has 0 aromatic heterocycles. The van der Waals surface area contributed by atoms with Gasteiger partial charge in [0.05, 0.1) is 5.75 Å². The van der Waals surface area contributed by atoms with Crippen LogP contribution in [0.25, 0.3) is 0 Å². The van der Waals surface area contributed by atoms with Gasteiger partial charge in [-0.25, -0.2) is 13.2 Å². The monoisotopic (exact) mass is 406 g/mol. The summed E-state index contributed by atoms with van der Waals surface area (Å²) in [5, 5.41) is 3.06. The fourth-order valence-electron chi connectivity index (χ4n) is 4.19. The van der Waals surface area contributed by atoms with Gasteiger partial charge >= 0.3 is 6.03 Å². The number of hydrogen-bond acceptors (Lipinski definition) is 4. The zero-order valence-corrected chi connectivity index (χ0v) is 17.1. The van der Waals surface area contributed by atoms with Gasteiger partial charge in [0, 0.05) is 45.3 Å². The van der Waals surface area contributed by atoms with Gasteiger partial charge in [-0.15, -0.1) is 0 Å². The molecule has 0 radical (unpaired) electrons. The SMILES string of the molecule is O=C(NCC1CCN(C2CC2)C1)N1CCN(S(=O)(=O)Cc2ccccc2)CC1. The molecular weight excluding hydrogens is 376 g/mol. The molecule has 2 heterocycles. The van der Waals surface area contributed by atoms with E-state index in [1.165, 1.54) is 17.1 Å². The summed E-state index contributed by atoms with van der Waals surface area (Å²) in [7, 11) is -3.35. The first-order valence-corrected chi connectivity index (χ1v) is 11.9. The van der Waals surface area contributed by atoms with Crippen molar-refractivity contribution in [3.63, 3.8) is 0 Å². The Hall–Kier alpha value is -1.64. The Morgan fingerprint density at radius 3 is 2.39 bits per heavy atom. The van der Waals surface area contributed by atoms with Gasteiger partial charge in [0.1, 0.15) is 0 Å². The fraction of sp³-hybridized carbons (Fsp3) is 0.650. The quantitative estimate of drug-likeness (QED) is 0.774. The van der Waals surface area contributed by atoms with Crippen molar-refractivity contribution in [1.82, 2.24) is 19.4 Å². The molecule has 154 valence electrons. The van der Waals surface area contributed by atoms with E-state index < -0.39 is 10.0 Å². The maximum Gasteiger partial charge on any atom is 0.317 e. The number of rotatable bonds is 6. The van der Waals surface area contributed by atoms with Gasteiger partial charge in [0.25, 0.3) is 0 Å². The minimum atomic E-state index is -3.35. The van der Waals surface area contributed by atoms with Crippen LogP contribution in [0.5, 0.6) is 0 Å². The molecule has 2 saturated heterocycles. The lowest BCUT2D eigenvalue weighted by molar-refractivity contribution is 0.170. The van der Waals surface area contributed by atoms with Crippen molar-refractivity contribution in [3.05, 3.63) is 35.9 Å². The topological polar surface area (TPSA) is 73.0 Å². The summed E-state index contributed by atoms with van der Waals surface area (Å²) in [6.45, 7) is 4.58. The van der Waals surface area contributed by atoms with Crippen molar-refractivity contribution in [1.29, 1.82) is 0 Å². The normalized spacial score (nSPS) is 24.4. The molecule has 1 saturated carbocycles. The summed E-state index contributed by atoms with van der Waals surface area (Å²) in [6, 6.07) is 9.96.